The van der Waals surface area contributed by atoms with E-state index in [1.54, 1.807) is 12.1 Å². The highest BCUT2D eigenvalue weighted by molar-refractivity contribution is 5.92. The Morgan fingerprint density at radius 2 is 2.00 bits per heavy atom. The quantitative estimate of drug-likeness (QED) is 0.892. The molecule has 6 nitrogen and oxygen atoms in total. The van der Waals surface area contributed by atoms with Crippen LogP contribution in [-0.4, -0.2) is 24.1 Å². The molecule has 0 saturated heterocycles. The van der Waals surface area contributed by atoms with Gasteiger partial charge in [-0.15, -0.1) is 0 Å². The maximum Gasteiger partial charge on any atom is 0.228 e. The molecule has 2 N–H and O–H groups in total. The van der Waals surface area contributed by atoms with Gasteiger partial charge >= 0.3 is 0 Å². The number of carbonyl (C=O) groups excluding carboxylic acids is 1. The Bertz CT molecular complexity index is 724. The molecule has 0 unspecified atom stereocenters. The van der Waals surface area contributed by atoms with Gasteiger partial charge < -0.3 is 19.8 Å². The topological polar surface area (TPSA) is 80.4 Å². The van der Waals surface area contributed by atoms with E-state index in [4.69, 9.17) is 9.47 Å². The summed E-state index contributed by atoms with van der Waals surface area (Å²) in [5.74, 6) is 1.07. The molecule has 0 saturated carbocycles. The Labute approximate surface area is 120 Å². The van der Waals surface area contributed by atoms with E-state index in [0.29, 0.717) is 24.7 Å². The molecule has 0 atom stereocenters. The van der Waals surface area contributed by atoms with Crippen molar-refractivity contribution < 1.29 is 14.3 Å². The largest absolute Gasteiger partial charge is 0.486 e. The summed E-state index contributed by atoms with van der Waals surface area (Å²) in [5, 5.41) is 2.58. The molecular weight excluding hydrogens is 272 g/mol. The van der Waals surface area contributed by atoms with Crippen LogP contribution in [0.25, 0.3) is 0 Å². The van der Waals surface area contributed by atoms with E-state index in [0.717, 1.165) is 5.56 Å². The predicted molar refractivity (Wildman–Crippen MR) is 76.8 cm³/mol. The normalized spacial score (nSPS) is 12.8. The van der Waals surface area contributed by atoms with Gasteiger partial charge in [0.15, 0.2) is 11.5 Å². The van der Waals surface area contributed by atoms with Crippen LogP contribution in [0.15, 0.2) is 41.5 Å². The average Bonchev–Trinajstić information content (AvgIpc) is 2.49. The minimum Gasteiger partial charge on any atom is -0.486 e. The number of rotatable bonds is 3. The molecule has 1 aromatic carbocycles. The zero-order valence-electron chi connectivity index (χ0n) is 11.2. The third kappa shape index (κ3) is 3.05. The third-order valence-electron chi connectivity index (χ3n) is 3.07. The summed E-state index contributed by atoms with van der Waals surface area (Å²) in [7, 11) is 0. The zero-order chi connectivity index (χ0) is 14.7. The molecule has 6 heteroatoms. The fourth-order valence-electron chi connectivity index (χ4n) is 2.09. The van der Waals surface area contributed by atoms with E-state index in [1.807, 2.05) is 6.07 Å². The van der Waals surface area contributed by atoms with E-state index in [-0.39, 0.29) is 23.4 Å². The lowest BCUT2D eigenvalue weighted by molar-refractivity contribution is -0.115. The van der Waals surface area contributed by atoms with E-state index >= 15 is 0 Å². The first-order valence-electron chi connectivity index (χ1n) is 6.58. The molecule has 0 fully saturated rings. The SMILES string of the molecule is O=C(Cc1ccc2c(c1)OCCO2)Nc1c[nH]ccc1=O. The van der Waals surface area contributed by atoms with Crippen molar-refractivity contribution in [1.29, 1.82) is 0 Å². The molecule has 1 aromatic heterocycles. The van der Waals surface area contributed by atoms with Gasteiger partial charge in [-0.3, -0.25) is 9.59 Å². The van der Waals surface area contributed by atoms with Gasteiger partial charge in [0.05, 0.1) is 6.42 Å². The number of H-pyrrole nitrogens is 1. The monoisotopic (exact) mass is 286 g/mol. The number of hydrogen-bond donors (Lipinski definition) is 2. The lowest BCUT2D eigenvalue weighted by Gasteiger charge is -2.18. The Balaban J connectivity index is 1.70. The van der Waals surface area contributed by atoms with Crippen molar-refractivity contribution in [3.8, 4) is 11.5 Å². The summed E-state index contributed by atoms with van der Waals surface area (Å²) in [6, 6.07) is 6.73. The second kappa shape index (κ2) is 5.70. The highest BCUT2D eigenvalue weighted by Gasteiger charge is 2.13. The number of fused-ring (bicyclic) bond motifs is 1. The number of benzene rings is 1. The minimum absolute atomic E-state index is 0.158. The highest BCUT2D eigenvalue weighted by atomic mass is 16.6. The maximum atomic E-state index is 12.0. The number of carbonyl (C=O) groups is 1. The fourth-order valence-corrected chi connectivity index (χ4v) is 2.09. The van der Waals surface area contributed by atoms with Crippen LogP contribution >= 0.6 is 0 Å². The zero-order valence-corrected chi connectivity index (χ0v) is 11.2. The summed E-state index contributed by atoms with van der Waals surface area (Å²) in [5.41, 5.74) is 0.799. The van der Waals surface area contributed by atoms with Gasteiger partial charge in [-0.05, 0) is 17.7 Å². The maximum absolute atomic E-state index is 12.0. The van der Waals surface area contributed by atoms with Crippen LogP contribution in [0.3, 0.4) is 0 Å². The lowest BCUT2D eigenvalue weighted by atomic mass is 10.1. The van der Waals surface area contributed by atoms with Crippen molar-refractivity contribution in [2.75, 3.05) is 18.5 Å². The summed E-state index contributed by atoms with van der Waals surface area (Å²) in [4.78, 5) is 26.3. The van der Waals surface area contributed by atoms with Crippen molar-refractivity contribution in [1.82, 2.24) is 4.98 Å². The lowest BCUT2D eigenvalue weighted by Crippen LogP contribution is -2.20. The molecule has 108 valence electrons. The van der Waals surface area contributed by atoms with E-state index in [2.05, 4.69) is 10.3 Å². The number of anilines is 1. The first-order valence-corrected chi connectivity index (χ1v) is 6.58. The highest BCUT2D eigenvalue weighted by Crippen LogP contribution is 2.30. The molecule has 2 aromatic rings. The van der Waals surface area contributed by atoms with Gasteiger partial charge in [0.1, 0.15) is 18.9 Å². The Morgan fingerprint density at radius 1 is 1.19 bits per heavy atom. The Morgan fingerprint density at radius 3 is 2.81 bits per heavy atom. The summed E-state index contributed by atoms with van der Waals surface area (Å²) in [6.07, 6.45) is 3.13. The first kappa shape index (κ1) is 13.2. The van der Waals surface area contributed by atoms with Crippen molar-refractivity contribution in [3.05, 3.63) is 52.4 Å². The molecule has 0 radical (unpaired) electrons. The number of ether oxygens (including phenoxy) is 2. The Hall–Kier alpha value is -2.76. The molecule has 0 bridgehead atoms. The number of aromatic amines is 1. The second-order valence-electron chi connectivity index (χ2n) is 4.63. The third-order valence-corrected chi connectivity index (χ3v) is 3.07. The van der Waals surface area contributed by atoms with Gasteiger partial charge in [0.2, 0.25) is 11.3 Å². The molecule has 0 aliphatic carbocycles. The van der Waals surface area contributed by atoms with Crippen LogP contribution < -0.4 is 20.2 Å². The molecule has 2 heterocycles. The van der Waals surface area contributed by atoms with Gasteiger partial charge in [-0.25, -0.2) is 0 Å². The Kier molecular flexibility index (Phi) is 3.59. The first-order chi connectivity index (χ1) is 10.2. The number of aromatic nitrogens is 1. The molecule has 1 amide bonds. The summed E-state index contributed by atoms with van der Waals surface area (Å²) < 4.78 is 10.9. The van der Waals surface area contributed by atoms with Gasteiger partial charge in [-0.2, -0.15) is 0 Å². The molecular formula is C15H14N2O4. The van der Waals surface area contributed by atoms with Crippen LogP contribution in [0.4, 0.5) is 5.69 Å². The van der Waals surface area contributed by atoms with Crippen LogP contribution in [0.1, 0.15) is 5.56 Å². The van der Waals surface area contributed by atoms with Crippen LogP contribution in [0.5, 0.6) is 11.5 Å². The van der Waals surface area contributed by atoms with Crippen molar-refractivity contribution >= 4 is 11.6 Å². The number of pyridine rings is 1. The summed E-state index contributed by atoms with van der Waals surface area (Å²) in [6.45, 7) is 1.03. The van der Waals surface area contributed by atoms with Crippen LogP contribution in [0.2, 0.25) is 0 Å². The second-order valence-corrected chi connectivity index (χ2v) is 4.63. The molecule has 21 heavy (non-hydrogen) atoms. The van der Waals surface area contributed by atoms with Gasteiger partial charge in [0, 0.05) is 18.5 Å². The number of nitrogens with one attached hydrogen (secondary N) is 2. The van der Waals surface area contributed by atoms with Crippen LogP contribution in [-0.2, 0) is 11.2 Å². The minimum atomic E-state index is -0.261. The van der Waals surface area contributed by atoms with Crippen molar-refractivity contribution in [2.24, 2.45) is 0 Å². The van der Waals surface area contributed by atoms with Crippen LogP contribution in [0, 0.1) is 0 Å². The van der Waals surface area contributed by atoms with E-state index in [9.17, 15) is 9.59 Å². The van der Waals surface area contributed by atoms with E-state index in [1.165, 1.54) is 18.5 Å². The molecule has 0 spiro atoms. The number of amides is 1. The summed E-state index contributed by atoms with van der Waals surface area (Å²) >= 11 is 0. The standard InChI is InChI=1S/C15H14N2O4/c18-12-3-4-16-9-11(12)17-15(19)8-10-1-2-13-14(7-10)21-6-5-20-13/h1-4,7,9H,5-6,8H2,(H,16,18)(H,17,19). The van der Waals surface area contributed by atoms with E-state index < -0.39 is 0 Å². The smallest absolute Gasteiger partial charge is 0.228 e. The average molecular weight is 286 g/mol. The fraction of sp³-hybridized carbons (Fsp3) is 0.200. The van der Waals surface area contributed by atoms with Gasteiger partial charge in [0.25, 0.3) is 0 Å². The molecule has 1 aliphatic rings. The van der Waals surface area contributed by atoms with Gasteiger partial charge in [-0.1, -0.05) is 6.07 Å². The number of hydrogen-bond acceptors (Lipinski definition) is 4. The predicted octanol–water partition coefficient (Wildman–Crippen LogP) is 1.33. The van der Waals surface area contributed by atoms with Crippen molar-refractivity contribution in [3.63, 3.8) is 0 Å². The molecule has 3 rings (SSSR count). The molecule has 1 aliphatic heterocycles. The van der Waals surface area contributed by atoms with Crippen molar-refractivity contribution in [2.45, 2.75) is 6.42 Å².